The van der Waals surface area contributed by atoms with E-state index in [4.69, 9.17) is 4.74 Å². The lowest BCUT2D eigenvalue weighted by atomic mass is 10.2. The molecule has 1 aliphatic heterocycles. The third-order valence-electron chi connectivity index (χ3n) is 2.46. The summed E-state index contributed by atoms with van der Waals surface area (Å²) in [4.78, 5) is 23.3. The predicted molar refractivity (Wildman–Crippen MR) is 77.0 cm³/mol. The van der Waals surface area contributed by atoms with Gasteiger partial charge in [-0.25, -0.2) is 4.79 Å². The van der Waals surface area contributed by atoms with Crippen molar-refractivity contribution >= 4 is 28.5 Å². The summed E-state index contributed by atoms with van der Waals surface area (Å²) in [6.07, 6.45) is 1.19. The summed E-state index contributed by atoms with van der Waals surface area (Å²) >= 11 is 0.790. The smallest absolute Gasteiger partial charge is 0.331 e. The SMILES string of the molecule is CCOC(=O)/C=C1\SC(=O)C(O)=C1Nc1ccccc1. The molecule has 2 rings (SSSR count). The Morgan fingerprint density at radius 3 is 2.75 bits per heavy atom. The van der Waals surface area contributed by atoms with Gasteiger partial charge in [-0.05, 0) is 30.8 Å². The fourth-order valence-electron chi connectivity index (χ4n) is 1.60. The summed E-state index contributed by atoms with van der Waals surface area (Å²) < 4.78 is 4.80. The van der Waals surface area contributed by atoms with E-state index in [1.54, 1.807) is 19.1 Å². The van der Waals surface area contributed by atoms with Crippen molar-refractivity contribution in [3.63, 3.8) is 0 Å². The second-order valence-corrected chi connectivity index (χ2v) is 4.88. The summed E-state index contributed by atoms with van der Waals surface area (Å²) in [7, 11) is 0. The number of aliphatic hydroxyl groups is 1. The molecule has 5 nitrogen and oxygen atoms in total. The Morgan fingerprint density at radius 1 is 1.40 bits per heavy atom. The van der Waals surface area contributed by atoms with Crippen LogP contribution < -0.4 is 5.32 Å². The third-order valence-corrected chi connectivity index (χ3v) is 3.38. The number of hydrogen-bond donors (Lipinski definition) is 2. The van der Waals surface area contributed by atoms with Crippen molar-refractivity contribution in [1.29, 1.82) is 0 Å². The molecule has 0 bridgehead atoms. The molecular formula is C14H13NO4S. The van der Waals surface area contributed by atoms with Gasteiger partial charge in [0.2, 0.25) is 0 Å². The first kappa shape index (κ1) is 14.2. The van der Waals surface area contributed by atoms with Crippen LogP contribution in [0, 0.1) is 0 Å². The predicted octanol–water partition coefficient (Wildman–Crippen LogP) is 2.59. The van der Waals surface area contributed by atoms with Crippen LogP contribution in [0.1, 0.15) is 6.92 Å². The molecule has 0 amide bonds. The van der Waals surface area contributed by atoms with E-state index < -0.39 is 16.8 Å². The van der Waals surface area contributed by atoms with Crippen molar-refractivity contribution in [3.05, 3.63) is 52.8 Å². The van der Waals surface area contributed by atoms with Crippen molar-refractivity contribution in [2.75, 3.05) is 11.9 Å². The molecule has 2 N–H and O–H groups in total. The molecule has 0 fully saturated rings. The van der Waals surface area contributed by atoms with E-state index in [2.05, 4.69) is 5.32 Å². The highest BCUT2D eigenvalue weighted by atomic mass is 32.2. The highest BCUT2D eigenvalue weighted by Crippen LogP contribution is 2.36. The number of aliphatic hydroxyl groups excluding tert-OH is 1. The molecule has 0 aliphatic carbocycles. The van der Waals surface area contributed by atoms with Gasteiger partial charge < -0.3 is 15.2 Å². The number of rotatable bonds is 4. The van der Waals surface area contributed by atoms with Crippen LogP contribution in [0.25, 0.3) is 0 Å². The molecule has 1 heterocycles. The second kappa shape index (κ2) is 6.29. The number of carbonyl (C=O) groups is 2. The second-order valence-electron chi connectivity index (χ2n) is 3.86. The Hall–Kier alpha value is -2.21. The minimum atomic E-state index is -0.551. The first-order chi connectivity index (χ1) is 9.61. The van der Waals surface area contributed by atoms with Crippen LogP contribution in [-0.4, -0.2) is 22.8 Å². The fourth-order valence-corrected chi connectivity index (χ4v) is 2.40. The van der Waals surface area contributed by atoms with Gasteiger partial charge in [0.05, 0.1) is 11.5 Å². The first-order valence-corrected chi connectivity index (χ1v) is 6.79. The summed E-state index contributed by atoms with van der Waals surface area (Å²) in [5, 5.41) is 12.2. The van der Waals surface area contributed by atoms with Gasteiger partial charge in [-0.2, -0.15) is 0 Å². The van der Waals surface area contributed by atoms with Crippen LogP contribution in [-0.2, 0) is 14.3 Å². The van der Waals surface area contributed by atoms with Crippen LogP contribution in [0.4, 0.5) is 5.69 Å². The Bertz CT molecular complexity index is 592. The highest BCUT2D eigenvalue weighted by Gasteiger charge is 2.29. The number of esters is 1. The van der Waals surface area contributed by atoms with Crippen LogP contribution in [0.3, 0.4) is 0 Å². The Kier molecular flexibility index (Phi) is 4.47. The summed E-state index contributed by atoms with van der Waals surface area (Å²) in [5.74, 6) is -0.945. The van der Waals surface area contributed by atoms with Gasteiger partial charge in [-0.1, -0.05) is 18.2 Å². The summed E-state index contributed by atoms with van der Waals surface area (Å²) in [6.45, 7) is 1.94. The van der Waals surface area contributed by atoms with Gasteiger partial charge in [0, 0.05) is 11.8 Å². The van der Waals surface area contributed by atoms with Gasteiger partial charge in [-0.15, -0.1) is 0 Å². The number of benzene rings is 1. The van der Waals surface area contributed by atoms with Crippen molar-refractivity contribution in [3.8, 4) is 0 Å². The molecule has 1 aliphatic rings. The number of hydrogen-bond acceptors (Lipinski definition) is 6. The molecule has 1 aromatic rings. The lowest BCUT2D eigenvalue weighted by Crippen LogP contribution is -2.05. The van der Waals surface area contributed by atoms with Crippen molar-refractivity contribution in [2.24, 2.45) is 0 Å². The van der Waals surface area contributed by atoms with E-state index in [9.17, 15) is 14.7 Å². The van der Waals surface area contributed by atoms with Crippen molar-refractivity contribution in [1.82, 2.24) is 0 Å². The minimum absolute atomic E-state index is 0.222. The Balaban J connectivity index is 2.26. The normalized spacial score (nSPS) is 16.6. The third kappa shape index (κ3) is 3.21. The Labute approximate surface area is 120 Å². The molecule has 0 radical (unpaired) electrons. The van der Waals surface area contributed by atoms with E-state index in [-0.39, 0.29) is 12.3 Å². The highest BCUT2D eigenvalue weighted by molar-refractivity contribution is 8.18. The van der Waals surface area contributed by atoms with Crippen LogP contribution in [0.2, 0.25) is 0 Å². The molecular weight excluding hydrogens is 278 g/mol. The van der Waals surface area contributed by atoms with E-state index in [1.165, 1.54) is 6.08 Å². The van der Waals surface area contributed by atoms with E-state index in [0.29, 0.717) is 10.6 Å². The number of para-hydroxylation sites is 1. The molecule has 6 heteroatoms. The number of carbonyl (C=O) groups excluding carboxylic acids is 2. The van der Waals surface area contributed by atoms with Gasteiger partial charge in [0.25, 0.3) is 5.12 Å². The lowest BCUT2D eigenvalue weighted by Gasteiger charge is -2.08. The summed E-state index contributed by atoms with van der Waals surface area (Å²) in [5.41, 5.74) is 0.929. The minimum Gasteiger partial charge on any atom is -0.502 e. The van der Waals surface area contributed by atoms with Crippen LogP contribution >= 0.6 is 11.8 Å². The molecule has 0 aromatic heterocycles. The summed E-state index contributed by atoms with van der Waals surface area (Å²) in [6, 6.07) is 9.06. The maximum Gasteiger partial charge on any atom is 0.331 e. The lowest BCUT2D eigenvalue weighted by molar-refractivity contribution is -0.137. The zero-order valence-corrected chi connectivity index (χ0v) is 11.6. The van der Waals surface area contributed by atoms with Crippen LogP contribution in [0.15, 0.2) is 52.8 Å². The monoisotopic (exact) mass is 291 g/mol. The average molecular weight is 291 g/mol. The quantitative estimate of drug-likeness (QED) is 0.656. The molecule has 104 valence electrons. The van der Waals surface area contributed by atoms with E-state index >= 15 is 0 Å². The average Bonchev–Trinajstić information content (AvgIpc) is 2.68. The molecule has 1 aromatic carbocycles. The molecule has 0 atom stereocenters. The molecule has 0 unspecified atom stereocenters. The van der Waals surface area contributed by atoms with Crippen molar-refractivity contribution < 1.29 is 19.4 Å². The largest absolute Gasteiger partial charge is 0.502 e. The van der Waals surface area contributed by atoms with Gasteiger partial charge in [0.1, 0.15) is 5.70 Å². The number of thioether (sulfide) groups is 1. The fraction of sp³-hybridized carbons (Fsp3) is 0.143. The van der Waals surface area contributed by atoms with Gasteiger partial charge >= 0.3 is 5.97 Å². The molecule has 0 saturated heterocycles. The van der Waals surface area contributed by atoms with Crippen molar-refractivity contribution in [2.45, 2.75) is 6.92 Å². The van der Waals surface area contributed by atoms with E-state index in [1.807, 2.05) is 18.2 Å². The number of anilines is 1. The standard InChI is InChI=1S/C14H13NO4S/c1-2-19-11(16)8-10-12(13(17)14(18)20-10)15-9-6-4-3-5-7-9/h3-8,15,17H,2H2,1H3/b10-8-. The van der Waals surface area contributed by atoms with Gasteiger partial charge in [-0.3, -0.25) is 4.79 Å². The van der Waals surface area contributed by atoms with Crippen LogP contribution in [0.5, 0.6) is 0 Å². The van der Waals surface area contributed by atoms with E-state index in [0.717, 1.165) is 11.8 Å². The zero-order valence-electron chi connectivity index (χ0n) is 10.8. The van der Waals surface area contributed by atoms with Gasteiger partial charge in [0.15, 0.2) is 5.76 Å². The zero-order chi connectivity index (χ0) is 14.5. The topological polar surface area (TPSA) is 75.6 Å². The maximum absolute atomic E-state index is 11.5. The maximum atomic E-state index is 11.5. The molecule has 0 spiro atoms. The molecule has 20 heavy (non-hydrogen) atoms. The number of ether oxygens (including phenoxy) is 1. The molecule has 0 saturated carbocycles. The Morgan fingerprint density at radius 2 is 2.10 bits per heavy atom. The number of nitrogens with one attached hydrogen (secondary N) is 1. The first-order valence-electron chi connectivity index (χ1n) is 5.98.